The maximum Gasteiger partial charge on any atom is 0.407 e. The summed E-state index contributed by atoms with van der Waals surface area (Å²) in [5.74, 6) is 0. The lowest BCUT2D eigenvalue weighted by atomic mass is 10.0. The van der Waals surface area contributed by atoms with Gasteiger partial charge in [0.25, 0.3) is 0 Å². The fraction of sp³-hybridized carbons (Fsp3) is 0.538. The van der Waals surface area contributed by atoms with Gasteiger partial charge in [0.2, 0.25) is 0 Å². The second-order valence-electron chi connectivity index (χ2n) is 4.27. The Morgan fingerprint density at radius 1 is 1.18 bits per heavy atom. The Labute approximate surface area is 100 Å². The number of hydrogen-bond donors (Lipinski definition) is 1. The number of rotatable bonds is 4. The van der Waals surface area contributed by atoms with Crippen molar-refractivity contribution in [2.75, 3.05) is 6.54 Å². The second kappa shape index (κ2) is 5.54. The molecule has 0 aliphatic heterocycles. The molecule has 0 heterocycles. The first-order valence-electron chi connectivity index (χ1n) is 5.73. The van der Waals surface area contributed by atoms with E-state index in [2.05, 4.69) is 5.32 Å². The Morgan fingerprint density at radius 2 is 1.82 bits per heavy atom. The highest BCUT2D eigenvalue weighted by molar-refractivity contribution is 5.32. The summed E-state index contributed by atoms with van der Waals surface area (Å²) in [6.07, 6.45) is -3.58. The minimum atomic E-state index is -4.25. The number of hydrogen-bond acceptors (Lipinski definition) is 1. The van der Waals surface area contributed by atoms with Gasteiger partial charge >= 0.3 is 6.18 Å². The molecule has 1 aromatic rings. The van der Waals surface area contributed by atoms with Gasteiger partial charge in [-0.1, -0.05) is 25.1 Å². The first-order chi connectivity index (χ1) is 7.86. The Balaban J connectivity index is 3.00. The van der Waals surface area contributed by atoms with Gasteiger partial charge in [-0.25, -0.2) is 0 Å². The third kappa shape index (κ3) is 3.73. The van der Waals surface area contributed by atoms with Gasteiger partial charge in [0.1, 0.15) is 6.04 Å². The van der Waals surface area contributed by atoms with E-state index in [9.17, 15) is 13.2 Å². The van der Waals surface area contributed by atoms with E-state index in [0.29, 0.717) is 13.0 Å². The van der Waals surface area contributed by atoms with E-state index in [1.165, 1.54) is 0 Å². The van der Waals surface area contributed by atoms with E-state index in [0.717, 1.165) is 11.1 Å². The van der Waals surface area contributed by atoms with Crippen molar-refractivity contribution in [1.82, 2.24) is 5.32 Å². The maximum absolute atomic E-state index is 12.9. The molecule has 1 unspecified atom stereocenters. The molecule has 1 N–H and O–H groups in total. The topological polar surface area (TPSA) is 12.0 Å². The third-order valence-electron chi connectivity index (χ3n) is 2.79. The molecule has 1 atom stereocenters. The second-order valence-corrected chi connectivity index (χ2v) is 4.27. The van der Waals surface area contributed by atoms with E-state index < -0.39 is 12.2 Å². The minimum absolute atomic E-state index is 0.286. The number of alkyl halides is 3. The molecule has 96 valence electrons. The molecular weight excluding hydrogens is 227 g/mol. The van der Waals surface area contributed by atoms with Crippen LogP contribution in [0.2, 0.25) is 0 Å². The van der Waals surface area contributed by atoms with Gasteiger partial charge in [-0.15, -0.1) is 0 Å². The summed E-state index contributed by atoms with van der Waals surface area (Å²) >= 11 is 0. The zero-order valence-electron chi connectivity index (χ0n) is 10.4. The lowest BCUT2D eigenvalue weighted by molar-refractivity contribution is -0.157. The van der Waals surface area contributed by atoms with Crippen molar-refractivity contribution in [2.45, 2.75) is 39.4 Å². The molecule has 0 fully saturated rings. The van der Waals surface area contributed by atoms with E-state index in [1.54, 1.807) is 18.2 Å². The first kappa shape index (κ1) is 14.0. The molecule has 0 saturated carbocycles. The molecule has 17 heavy (non-hydrogen) atoms. The standard InChI is InChI=1S/C13H18F3N/c1-4-7-17-12(13(14,15)16)11-6-5-9(2)10(3)8-11/h5-6,8,12,17H,4,7H2,1-3H3. The quantitative estimate of drug-likeness (QED) is 0.848. The van der Waals surface area contributed by atoms with Crippen LogP contribution in [0.25, 0.3) is 0 Å². The lowest BCUT2D eigenvalue weighted by Crippen LogP contribution is -2.34. The first-order valence-corrected chi connectivity index (χ1v) is 5.73. The maximum atomic E-state index is 12.9. The van der Waals surface area contributed by atoms with E-state index >= 15 is 0 Å². The van der Waals surface area contributed by atoms with E-state index in [4.69, 9.17) is 0 Å². The zero-order valence-corrected chi connectivity index (χ0v) is 10.4. The molecule has 0 aliphatic rings. The molecule has 0 saturated heterocycles. The predicted molar refractivity (Wildman–Crippen MR) is 63.0 cm³/mol. The van der Waals surface area contributed by atoms with Crippen LogP contribution in [-0.4, -0.2) is 12.7 Å². The SMILES string of the molecule is CCCNC(c1ccc(C)c(C)c1)C(F)(F)F. The average molecular weight is 245 g/mol. The Kier molecular flexibility index (Phi) is 4.57. The van der Waals surface area contributed by atoms with Crippen LogP contribution >= 0.6 is 0 Å². The van der Waals surface area contributed by atoms with Crippen LogP contribution in [0.5, 0.6) is 0 Å². The van der Waals surface area contributed by atoms with E-state index in [1.807, 2.05) is 20.8 Å². The van der Waals surface area contributed by atoms with Gasteiger partial charge < -0.3 is 5.32 Å². The van der Waals surface area contributed by atoms with Crippen LogP contribution in [0, 0.1) is 13.8 Å². The minimum Gasteiger partial charge on any atom is -0.302 e. The fourth-order valence-electron chi connectivity index (χ4n) is 1.66. The fourth-order valence-corrected chi connectivity index (χ4v) is 1.66. The summed E-state index contributed by atoms with van der Waals surface area (Å²) in [4.78, 5) is 0. The highest BCUT2D eigenvalue weighted by Gasteiger charge is 2.40. The summed E-state index contributed by atoms with van der Waals surface area (Å²) in [7, 11) is 0. The van der Waals surface area contributed by atoms with Crippen LogP contribution in [0.15, 0.2) is 18.2 Å². The van der Waals surface area contributed by atoms with Crippen LogP contribution < -0.4 is 5.32 Å². The van der Waals surface area contributed by atoms with Crippen molar-refractivity contribution in [3.63, 3.8) is 0 Å². The number of halogens is 3. The van der Waals surface area contributed by atoms with E-state index in [-0.39, 0.29) is 5.56 Å². The summed E-state index contributed by atoms with van der Waals surface area (Å²) in [5, 5.41) is 2.55. The van der Waals surface area contributed by atoms with Crippen molar-refractivity contribution in [3.05, 3.63) is 34.9 Å². The van der Waals surface area contributed by atoms with Gasteiger partial charge in [-0.05, 0) is 43.5 Å². The van der Waals surface area contributed by atoms with Crippen molar-refractivity contribution in [2.24, 2.45) is 0 Å². The third-order valence-corrected chi connectivity index (χ3v) is 2.79. The molecule has 4 heteroatoms. The molecule has 0 spiro atoms. The van der Waals surface area contributed by atoms with Crippen molar-refractivity contribution >= 4 is 0 Å². The molecule has 0 bridgehead atoms. The smallest absolute Gasteiger partial charge is 0.302 e. The van der Waals surface area contributed by atoms with Gasteiger partial charge in [0.15, 0.2) is 0 Å². The lowest BCUT2D eigenvalue weighted by Gasteiger charge is -2.22. The predicted octanol–water partition coefficient (Wildman–Crippen LogP) is 3.91. The zero-order chi connectivity index (χ0) is 13.1. The normalized spacial score (nSPS) is 13.8. The number of nitrogens with one attached hydrogen (secondary N) is 1. The van der Waals surface area contributed by atoms with Gasteiger partial charge in [-0.2, -0.15) is 13.2 Å². The molecule has 0 amide bonds. The average Bonchev–Trinajstić information content (AvgIpc) is 2.22. The highest BCUT2D eigenvalue weighted by atomic mass is 19.4. The van der Waals surface area contributed by atoms with Gasteiger partial charge in [0, 0.05) is 0 Å². The Bertz CT molecular complexity index is 371. The molecule has 1 rings (SSSR count). The van der Waals surface area contributed by atoms with Crippen LogP contribution in [-0.2, 0) is 0 Å². The van der Waals surface area contributed by atoms with Crippen molar-refractivity contribution in [3.8, 4) is 0 Å². The summed E-state index contributed by atoms with van der Waals surface area (Å²) in [6.45, 7) is 5.92. The van der Waals surface area contributed by atoms with Crippen molar-refractivity contribution < 1.29 is 13.2 Å². The Hall–Kier alpha value is -1.03. The molecule has 0 radical (unpaired) electrons. The largest absolute Gasteiger partial charge is 0.407 e. The van der Waals surface area contributed by atoms with Crippen LogP contribution in [0.1, 0.15) is 36.1 Å². The Morgan fingerprint density at radius 3 is 2.29 bits per heavy atom. The molecule has 0 aliphatic carbocycles. The molecule has 1 aromatic carbocycles. The van der Waals surface area contributed by atoms with Crippen LogP contribution in [0.3, 0.4) is 0 Å². The molecule has 1 nitrogen and oxygen atoms in total. The van der Waals surface area contributed by atoms with Gasteiger partial charge in [0.05, 0.1) is 0 Å². The summed E-state index contributed by atoms with van der Waals surface area (Å²) < 4.78 is 38.7. The summed E-state index contributed by atoms with van der Waals surface area (Å²) in [5.41, 5.74) is 2.18. The molecular formula is C13H18F3N. The van der Waals surface area contributed by atoms with Crippen LogP contribution in [0.4, 0.5) is 13.2 Å². The van der Waals surface area contributed by atoms with Gasteiger partial charge in [-0.3, -0.25) is 0 Å². The highest BCUT2D eigenvalue weighted by Crippen LogP contribution is 2.33. The summed E-state index contributed by atoms with van der Waals surface area (Å²) in [6, 6.07) is 3.32. The number of benzene rings is 1. The monoisotopic (exact) mass is 245 g/mol. The number of aryl methyl sites for hydroxylation is 2. The molecule has 0 aromatic heterocycles. The van der Waals surface area contributed by atoms with Crippen molar-refractivity contribution in [1.29, 1.82) is 0 Å².